The summed E-state index contributed by atoms with van der Waals surface area (Å²) >= 11 is 28.7. The Bertz CT molecular complexity index is 2770. The van der Waals surface area contributed by atoms with E-state index >= 15 is 0 Å². The maximum absolute atomic E-state index is 12.7. The second-order valence-electron chi connectivity index (χ2n) is 14.5. The van der Waals surface area contributed by atoms with Gasteiger partial charge in [-0.2, -0.15) is 0 Å². The van der Waals surface area contributed by atoms with Crippen LogP contribution in [-0.2, 0) is 46.0 Å². The van der Waals surface area contributed by atoms with Crippen LogP contribution >= 0.6 is 70.4 Å². The number of pyridine rings is 2. The summed E-state index contributed by atoms with van der Waals surface area (Å²) in [5, 5.41) is 2.93. The van der Waals surface area contributed by atoms with Gasteiger partial charge in [0.1, 0.15) is 12.1 Å². The zero-order valence-electron chi connectivity index (χ0n) is 36.5. The number of nitrogens with one attached hydrogen (secondary N) is 1. The van der Waals surface area contributed by atoms with Crippen molar-refractivity contribution >= 4 is 93.5 Å². The van der Waals surface area contributed by atoms with Gasteiger partial charge in [0.25, 0.3) is 22.3 Å². The molecule has 0 fully saturated rings. The van der Waals surface area contributed by atoms with Gasteiger partial charge in [-0.3, -0.25) is 24.0 Å². The first-order chi connectivity index (χ1) is 30.8. The summed E-state index contributed by atoms with van der Waals surface area (Å²) in [7, 11) is 6.00. The van der Waals surface area contributed by atoms with Gasteiger partial charge in [-0.1, -0.05) is 107 Å². The zero-order valence-corrected chi connectivity index (χ0v) is 41.1. The number of hydrogen-bond acceptors (Lipinski definition) is 9. The molecule has 66 heavy (non-hydrogen) atoms. The van der Waals surface area contributed by atoms with Crippen LogP contribution in [0.4, 0.5) is 0 Å². The van der Waals surface area contributed by atoms with Crippen LogP contribution < -0.4 is 22.2 Å². The van der Waals surface area contributed by atoms with E-state index in [9.17, 15) is 28.8 Å². The number of methoxy groups -OCH3 is 2. The molecule has 0 aliphatic carbocycles. The molecule has 0 saturated heterocycles. The third-order valence-electron chi connectivity index (χ3n) is 9.98. The number of aryl methyl sites for hydroxylation is 4. The van der Waals surface area contributed by atoms with E-state index in [1.807, 2.05) is 74.5 Å². The molecule has 4 aromatic carbocycles. The smallest absolute Gasteiger partial charge is 0.328 e. The molecule has 2 aromatic heterocycles. The summed E-state index contributed by atoms with van der Waals surface area (Å²) < 4.78 is 12.6. The number of rotatable bonds is 11. The van der Waals surface area contributed by atoms with E-state index in [4.69, 9.17) is 68.5 Å². The topological polar surface area (TPSA) is 169 Å². The summed E-state index contributed by atoms with van der Waals surface area (Å²) in [6, 6.07) is 26.4. The van der Waals surface area contributed by atoms with E-state index in [1.54, 1.807) is 67.5 Å². The number of carbonyl (C=O) groups excluding carboxylic acids is 4. The number of esters is 2. The first-order valence-electron chi connectivity index (χ1n) is 19.6. The maximum atomic E-state index is 12.7. The molecule has 0 saturated carbocycles. The van der Waals surface area contributed by atoms with Gasteiger partial charge in [0.15, 0.2) is 0 Å². The van der Waals surface area contributed by atoms with Crippen molar-refractivity contribution in [3.05, 3.63) is 184 Å². The van der Waals surface area contributed by atoms with E-state index in [0.29, 0.717) is 17.5 Å². The van der Waals surface area contributed by atoms with Crippen molar-refractivity contribution in [3.63, 3.8) is 0 Å². The Morgan fingerprint density at radius 3 is 1.35 bits per heavy atom. The van der Waals surface area contributed by atoms with E-state index in [2.05, 4.69) is 10.1 Å². The van der Waals surface area contributed by atoms with Crippen molar-refractivity contribution in [2.75, 3.05) is 14.2 Å². The molecule has 0 radical (unpaired) electrons. The molecule has 6 rings (SSSR count). The number of carbonyl (C=O) groups is 4. The summed E-state index contributed by atoms with van der Waals surface area (Å²) in [6.45, 7) is 3.80. The third kappa shape index (κ3) is 14.3. The van der Waals surface area contributed by atoms with Gasteiger partial charge < -0.3 is 29.7 Å². The van der Waals surface area contributed by atoms with Crippen LogP contribution in [0.5, 0.6) is 0 Å². The number of benzene rings is 4. The van der Waals surface area contributed by atoms with E-state index in [0.717, 1.165) is 33.4 Å². The van der Waals surface area contributed by atoms with Gasteiger partial charge in [0.05, 0.1) is 56.6 Å². The largest absolute Gasteiger partial charge is 0.468 e. The second-order valence-corrected chi connectivity index (χ2v) is 16.5. The Balaban J connectivity index is 0.000000293. The Morgan fingerprint density at radius 1 is 0.606 bits per heavy atom. The molecule has 0 spiro atoms. The van der Waals surface area contributed by atoms with Crippen molar-refractivity contribution in [3.8, 4) is 22.3 Å². The molecule has 2 unspecified atom stereocenters. The number of nitrogens with zero attached hydrogens (tertiary/aromatic N) is 2. The summed E-state index contributed by atoms with van der Waals surface area (Å²) in [6.07, 6.45) is 4.07. The molecule has 18 heteroatoms. The molecule has 6 aromatic rings. The van der Waals surface area contributed by atoms with Gasteiger partial charge >= 0.3 is 11.9 Å². The van der Waals surface area contributed by atoms with Gasteiger partial charge in [-0.25, -0.2) is 4.79 Å². The molecule has 0 aliphatic rings. The fourth-order valence-corrected chi connectivity index (χ4v) is 7.89. The summed E-state index contributed by atoms with van der Waals surface area (Å²) in [5.74, 6) is -1.61. The molecule has 348 valence electrons. The lowest BCUT2D eigenvalue weighted by molar-refractivity contribution is -0.143. The Labute approximate surface area is 412 Å². The SMILES string of the molecule is COC(=O)C(Cc1ccc(-c2c(C)ccn(C)c2=O)cc1)NC(=O)c1c(Cl)cccc1Cl.COC(=O)C(N)Cc1ccc(-c2c(C)ccn(C)c2=O)cc1.Cl.O=C(Cl)c1c(Cl)cccc1Cl. The van der Waals surface area contributed by atoms with Crippen LogP contribution in [0.1, 0.15) is 43.0 Å². The Hall–Kier alpha value is -5.44. The molecule has 2 heterocycles. The minimum Gasteiger partial charge on any atom is -0.468 e. The van der Waals surface area contributed by atoms with E-state index in [1.165, 1.54) is 18.8 Å². The molecular formula is C48H46Cl6N4O8. The minimum absolute atomic E-state index is 0. The maximum Gasteiger partial charge on any atom is 0.328 e. The zero-order chi connectivity index (χ0) is 48.1. The molecule has 12 nitrogen and oxygen atoms in total. The van der Waals surface area contributed by atoms with Crippen molar-refractivity contribution in [1.82, 2.24) is 14.5 Å². The van der Waals surface area contributed by atoms with Gasteiger partial charge in [0, 0.05) is 32.9 Å². The number of amides is 1. The number of halogens is 6. The van der Waals surface area contributed by atoms with Gasteiger partial charge in [-0.15, -0.1) is 12.4 Å². The summed E-state index contributed by atoms with van der Waals surface area (Å²) in [5.41, 5.74) is 12.3. The van der Waals surface area contributed by atoms with E-state index < -0.39 is 35.2 Å². The first kappa shape index (κ1) is 54.9. The molecular weight excluding hydrogens is 973 g/mol. The van der Waals surface area contributed by atoms with E-state index in [-0.39, 0.29) is 61.2 Å². The predicted molar refractivity (Wildman–Crippen MR) is 265 cm³/mol. The van der Waals surface area contributed by atoms with Crippen LogP contribution in [0, 0.1) is 13.8 Å². The van der Waals surface area contributed by atoms with Crippen LogP contribution in [0.25, 0.3) is 22.3 Å². The fourth-order valence-electron chi connectivity index (χ4n) is 6.45. The summed E-state index contributed by atoms with van der Waals surface area (Å²) in [4.78, 5) is 71.9. The molecule has 3 N–H and O–H groups in total. The van der Waals surface area contributed by atoms with Crippen molar-refractivity contribution in [2.24, 2.45) is 19.8 Å². The first-order valence-corrected chi connectivity index (χ1v) is 21.5. The number of hydrogen-bond donors (Lipinski definition) is 2. The van der Waals surface area contributed by atoms with Crippen molar-refractivity contribution in [1.29, 1.82) is 0 Å². The Kier molecular flexibility index (Phi) is 21.2. The quantitative estimate of drug-likeness (QED) is 0.0949. The van der Waals surface area contributed by atoms with Crippen LogP contribution in [-0.4, -0.2) is 58.5 Å². The normalized spacial score (nSPS) is 11.3. The Morgan fingerprint density at radius 2 is 0.985 bits per heavy atom. The standard InChI is InChI=1S/C24H22Cl2N2O4.C17H20N2O3.C7H3Cl3O.ClH/c1-14-11-12-28(2)23(30)20(14)16-9-7-15(8-10-16)13-19(24(31)32-3)27-22(29)21-17(25)5-4-6-18(21)26;1-11-8-9-19(2)16(20)15(11)13-6-4-12(5-7-13)10-14(18)17(21)22-3;8-4-2-1-3-5(9)6(4)7(10)11;/h4-12,19H,13H2,1-3H3,(H,27,29);4-9,14H,10,18H2,1-3H3;1-3H;1H. The average molecular weight is 1020 g/mol. The third-order valence-corrected chi connectivity index (χ3v) is 11.4. The van der Waals surface area contributed by atoms with Gasteiger partial charge in [0.2, 0.25) is 0 Å². The van der Waals surface area contributed by atoms with Crippen LogP contribution in [0.3, 0.4) is 0 Å². The predicted octanol–water partition coefficient (Wildman–Crippen LogP) is 9.38. The number of ether oxygens (including phenoxy) is 2. The molecule has 2 atom stereocenters. The van der Waals surface area contributed by atoms with Crippen LogP contribution in [0.2, 0.25) is 20.1 Å². The van der Waals surface area contributed by atoms with Gasteiger partial charge in [-0.05, 0) is 102 Å². The highest BCUT2D eigenvalue weighted by atomic mass is 35.5. The highest BCUT2D eigenvalue weighted by Crippen LogP contribution is 2.27. The lowest BCUT2D eigenvalue weighted by Crippen LogP contribution is -2.43. The minimum atomic E-state index is -0.947. The lowest BCUT2D eigenvalue weighted by atomic mass is 9.98. The monoisotopic (exact) mass is 1020 g/mol. The van der Waals surface area contributed by atoms with Crippen molar-refractivity contribution in [2.45, 2.75) is 38.8 Å². The fraction of sp³-hybridized carbons (Fsp3) is 0.208. The molecule has 0 aliphatic heterocycles. The molecule has 0 bridgehead atoms. The number of nitrogens with two attached hydrogens (primary N) is 1. The average Bonchev–Trinajstić information content (AvgIpc) is 3.27. The highest BCUT2D eigenvalue weighted by Gasteiger charge is 2.25. The second kappa shape index (κ2) is 25.5. The van der Waals surface area contributed by atoms with Crippen LogP contribution in [0.15, 0.2) is 119 Å². The highest BCUT2D eigenvalue weighted by molar-refractivity contribution is 6.69. The van der Waals surface area contributed by atoms with Crippen molar-refractivity contribution < 1.29 is 28.7 Å². The molecule has 1 amide bonds. The lowest BCUT2D eigenvalue weighted by Gasteiger charge is -2.18. The number of aromatic nitrogens is 2.